The zero-order valence-electron chi connectivity index (χ0n) is 12.2. The Morgan fingerprint density at radius 1 is 1.39 bits per heavy atom. The van der Waals surface area contributed by atoms with Gasteiger partial charge in [0.2, 0.25) is 5.91 Å². The number of rotatable bonds is 8. The van der Waals surface area contributed by atoms with Gasteiger partial charge in [-0.1, -0.05) is 13.8 Å². The monoisotopic (exact) mass is 256 g/mol. The molecule has 1 aliphatic rings. The minimum absolute atomic E-state index is 0.0612. The summed E-state index contributed by atoms with van der Waals surface area (Å²) in [4.78, 5) is 12.0. The number of carbonyl (C=O) groups is 1. The lowest BCUT2D eigenvalue weighted by molar-refractivity contribution is -0.125. The molecular weight excluding hydrogens is 228 g/mol. The summed E-state index contributed by atoms with van der Waals surface area (Å²) < 4.78 is 5.69. The lowest BCUT2D eigenvalue weighted by Crippen LogP contribution is -2.52. The highest BCUT2D eigenvalue weighted by Crippen LogP contribution is 2.35. The molecule has 0 spiro atoms. The molecule has 1 amide bonds. The van der Waals surface area contributed by atoms with E-state index < -0.39 is 0 Å². The second-order valence-electron chi connectivity index (χ2n) is 5.93. The molecule has 4 heteroatoms. The van der Waals surface area contributed by atoms with Gasteiger partial charge in [-0.05, 0) is 39.5 Å². The minimum Gasteiger partial charge on any atom is -0.376 e. The lowest BCUT2D eigenvalue weighted by Gasteiger charge is -2.34. The molecule has 0 aliphatic heterocycles. The molecule has 18 heavy (non-hydrogen) atoms. The van der Waals surface area contributed by atoms with Crippen LogP contribution in [0.3, 0.4) is 0 Å². The van der Waals surface area contributed by atoms with Crippen molar-refractivity contribution in [2.45, 2.75) is 77.0 Å². The Hall–Kier alpha value is -0.610. The number of ether oxygens (including phenoxy) is 1. The average molecular weight is 256 g/mol. The van der Waals surface area contributed by atoms with Crippen molar-refractivity contribution >= 4 is 5.91 Å². The highest BCUT2D eigenvalue weighted by atomic mass is 16.5. The first-order chi connectivity index (χ1) is 8.35. The number of hydrogen-bond donors (Lipinski definition) is 2. The maximum atomic E-state index is 12.0. The van der Waals surface area contributed by atoms with E-state index in [4.69, 9.17) is 10.5 Å². The fourth-order valence-corrected chi connectivity index (χ4v) is 1.99. The minimum atomic E-state index is -0.243. The topological polar surface area (TPSA) is 64.3 Å². The van der Waals surface area contributed by atoms with Crippen molar-refractivity contribution in [2.75, 3.05) is 6.61 Å². The third-order valence-electron chi connectivity index (χ3n) is 3.86. The summed E-state index contributed by atoms with van der Waals surface area (Å²) in [6.45, 7) is 8.76. The van der Waals surface area contributed by atoms with Crippen molar-refractivity contribution in [3.63, 3.8) is 0 Å². The van der Waals surface area contributed by atoms with E-state index in [0.717, 1.165) is 25.7 Å². The van der Waals surface area contributed by atoms with Crippen LogP contribution in [0.1, 0.15) is 59.8 Å². The van der Waals surface area contributed by atoms with E-state index in [1.54, 1.807) is 0 Å². The van der Waals surface area contributed by atoms with Crippen LogP contribution in [-0.4, -0.2) is 29.7 Å². The van der Waals surface area contributed by atoms with E-state index in [0.29, 0.717) is 13.0 Å². The van der Waals surface area contributed by atoms with Crippen LogP contribution in [0.15, 0.2) is 0 Å². The number of nitrogens with one attached hydrogen (secondary N) is 1. The number of hydrogen-bond acceptors (Lipinski definition) is 3. The highest BCUT2D eigenvalue weighted by Gasteiger charge is 2.41. The van der Waals surface area contributed by atoms with E-state index in [1.165, 1.54) is 0 Å². The summed E-state index contributed by atoms with van der Waals surface area (Å²) in [5, 5.41) is 3.14. The van der Waals surface area contributed by atoms with Crippen LogP contribution in [0.2, 0.25) is 0 Å². The Labute approximate surface area is 111 Å². The largest absolute Gasteiger partial charge is 0.376 e. The Kier molecular flexibility index (Phi) is 5.17. The zero-order valence-corrected chi connectivity index (χ0v) is 12.2. The van der Waals surface area contributed by atoms with Crippen LogP contribution in [-0.2, 0) is 9.53 Å². The molecule has 106 valence electrons. The summed E-state index contributed by atoms with van der Waals surface area (Å²) in [5.41, 5.74) is 5.51. The third kappa shape index (κ3) is 4.58. The third-order valence-corrected chi connectivity index (χ3v) is 3.86. The predicted molar refractivity (Wildman–Crippen MR) is 73.3 cm³/mol. The molecule has 1 rings (SSSR count). The normalized spacial score (nSPS) is 17.9. The molecule has 0 unspecified atom stereocenters. The molecule has 0 atom stereocenters. The molecule has 0 bridgehead atoms. The molecule has 0 heterocycles. The quantitative estimate of drug-likeness (QED) is 0.698. The van der Waals surface area contributed by atoms with Gasteiger partial charge < -0.3 is 15.8 Å². The Bertz CT molecular complexity index is 282. The van der Waals surface area contributed by atoms with Gasteiger partial charge in [0.05, 0.1) is 18.2 Å². The molecular formula is C14H28N2O2. The van der Waals surface area contributed by atoms with Crippen molar-refractivity contribution in [2.24, 2.45) is 5.73 Å². The maximum Gasteiger partial charge on any atom is 0.222 e. The van der Waals surface area contributed by atoms with Gasteiger partial charge in [-0.2, -0.15) is 0 Å². The molecule has 1 saturated carbocycles. The van der Waals surface area contributed by atoms with E-state index in [9.17, 15) is 4.79 Å². The van der Waals surface area contributed by atoms with Crippen molar-refractivity contribution in [1.82, 2.24) is 5.32 Å². The lowest BCUT2D eigenvalue weighted by atomic mass is 9.93. The fourth-order valence-electron chi connectivity index (χ4n) is 1.99. The summed E-state index contributed by atoms with van der Waals surface area (Å²) in [6, 6.07) is 0. The molecule has 3 N–H and O–H groups in total. The molecule has 0 aromatic heterocycles. The first kappa shape index (κ1) is 15.4. The average Bonchev–Trinajstić information content (AvgIpc) is 3.01. The smallest absolute Gasteiger partial charge is 0.222 e. The first-order valence-electron chi connectivity index (χ1n) is 7.06. The van der Waals surface area contributed by atoms with Crippen LogP contribution >= 0.6 is 0 Å². The summed E-state index contributed by atoms with van der Waals surface area (Å²) in [5.74, 6) is 0.0612. The molecule has 1 fully saturated rings. The van der Waals surface area contributed by atoms with Gasteiger partial charge in [-0.15, -0.1) is 0 Å². The molecule has 0 radical (unpaired) electrons. The zero-order chi connectivity index (χ0) is 13.8. The summed E-state index contributed by atoms with van der Waals surface area (Å²) in [6.07, 6.45) is 4.31. The van der Waals surface area contributed by atoms with Gasteiger partial charge in [-0.3, -0.25) is 4.79 Å². The van der Waals surface area contributed by atoms with Crippen molar-refractivity contribution in [3.05, 3.63) is 0 Å². The number of nitrogens with two attached hydrogens (primary N) is 1. The first-order valence-corrected chi connectivity index (χ1v) is 7.06. The number of carbonyl (C=O) groups excluding carboxylic acids is 1. The van der Waals surface area contributed by atoms with Crippen LogP contribution in [0.4, 0.5) is 0 Å². The Morgan fingerprint density at radius 2 is 1.94 bits per heavy atom. The summed E-state index contributed by atoms with van der Waals surface area (Å²) in [7, 11) is 0. The van der Waals surface area contributed by atoms with Crippen LogP contribution in [0, 0.1) is 0 Å². The highest BCUT2D eigenvalue weighted by molar-refractivity contribution is 5.78. The van der Waals surface area contributed by atoms with Gasteiger partial charge >= 0.3 is 0 Å². The van der Waals surface area contributed by atoms with Gasteiger partial charge in [-0.25, -0.2) is 0 Å². The van der Waals surface area contributed by atoms with Crippen molar-refractivity contribution < 1.29 is 9.53 Å². The van der Waals surface area contributed by atoms with E-state index in [1.807, 2.05) is 13.8 Å². The van der Waals surface area contributed by atoms with Crippen LogP contribution in [0.25, 0.3) is 0 Å². The second kappa shape index (κ2) is 6.02. The van der Waals surface area contributed by atoms with Gasteiger partial charge in [0.1, 0.15) is 0 Å². The molecule has 1 aliphatic carbocycles. The van der Waals surface area contributed by atoms with Gasteiger partial charge in [0.25, 0.3) is 0 Å². The molecule has 0 saturated heterocycles. The molecule has 0 aromatic carbocycles. The van der Waals surface area contributed by atoms with E-state index >= 15 is 0 Å². The number of amides is 1. The molecule has 4 nitrogen and oxygen atoms in total. The summed E-state index contributed by atoms with van der Waals surface area (Å²) >= 11 is 0. The Balaban J connectivity index is 2.51. The Morgan fingerprint density at radius 3 is 2.33 bits per heavy atom. The molecule has 0 aromatic rings. The van der Waals surface area contributed by atoms with Crippen molar-refractivity contribution in [3.8, 4) is 0 Å². The maximum absolute atomic E-state index is 12.0. The SMILES string of the molecule is CCC(CC)(COC(C)C)NC(=O)CC1(N)CC1. The fraction of sp³-hybridized carbons (Fsp3) is 0.929. The van der Waals surface area contributed by atoms with E-state index in [-0.39, 0.29) is 23.1 Å². The van der Waals surface area contributed by atoms with Crippen LogP contribution < -0.4 is 11.1 Å². The van der Waals surface area contributed by atoms with Gasteiger partial charge in [0.15, 0.2) is 0 Å². The van der Waals surface area contributed by atoms with Crippen LogP contribution in [0.5, 0.6) is 0 Å². The standard InChI is InChI=1S/C14H28N2O2/c1-5-14(6-2,10-18-11(3)4)16-12(17)9-13(15)7-8-13/h11H,5-10,15H2,1-4H3,(H,16,17). The predicted octanol–water partition coefficient (Wildman–Crippen LogP) is 1.97. The van der Waals surface area contributed by atoms with E-state index in [2.05, 4.69) is 19.2 Å². The van der Waals surface area contributed by atoms with Gasteiger partial charge in [0, 0.05) is 12.0 Å². The van der Waals surface area contributed by atoms with Crippen molar-refractivity contribution in [1.29, 1.82) is 0 Å². The second-order valence-corrected chi connectivity index (χ2v) is 5.93.